The zero-order chi connectivity index (χ0) is 16.0. The molecule has 0 aliphatic heterocycles. The molecule has 7 nitrogen and oxygen atoms in total. The highest BCUT2D eigenvalue weighted by Crippen LogP contribution is 2.22. The molecule has 0 atom stereocenters. The number of rotatable bonds is 7. The van der Waals surface area contributed by atoms with E-state index in [1.165, 1.54) is 23.3 Å². The van der Waals surface area contributed by atoms with Crippen molar-refractivity contribution in [2.75, 3.05) is 20.1 Å². The van der Waals surface area contributed by atoms with Crippen LogP contribution in [0.2, 0.25) is 0 Å². The lowest BCUT2D eigenvalue weighted by Gasteiger charge is -2.30. The van der Waals surface area contributed by atoms with Crippen LogP contribution in [-0.4, -0.2) is 44.8 Å². The minimum absolute atomic E-state index is 0.0757. The summed E-state index contributed by atoms with van der Waals surface area (Å²) in [5.41, 5.74) is 0.419. The van der Waals surface area contributed by atoms with Crippen molar-refractivity contribution in [1.29, 1.82) is 0 Å². The third-order valence-corrected chi connectivity index (χ3v) is 5.57. The third kappa shape index (κ3) is 4.56. The average molecular weight is 329 g/mol. The Morgan fingerprint density at radius 2 is 2.05 bits per heavy atom. The number of hydrogen-bond donors (Lipinski definition) is 2. The van der Waals surface area contributed by atoms with E-state index >= 15 is 0 Å². The normalized spacial score (nSPS) is 16.8. The second-order valence-corrected chi connectivity index (χ2v) is 7.29. The van der Waals surface area contributed by atoms with Gasteiger partial charge in [-0.1, -0.05) is 19.3 Å². The number of nitrogens with zero attached hydrogens (tertiary/aromatic N) is 1. The van der Waals surface area contributed by atoms with Crippen LogP contribution in [0.25, 0.3) is 0 Å². The van der Waals surface area contributed by atoms with Gasteiger partial charge in [-0.15, -0.1) is 0 Å². The highest BCUT2D eigenvalue weighted by molar-refractivity contribution is 7.87. The van der Waals surface area contributed by atoms with E-state index in [2.05, 4.69) is 10.0 Å². The van der Waals surface area contributed by atoms with Gasteiger partial charge < -0.3 is 9.73 Å². The van der Waals surface area contributed by atoms with Gasteiger partial charge in [0, 0.05) is 26.2 Å². The Morgan fingerprint density at radius 3 is 2.68 bits per heavy atom. The maximum atomic E-state index is 12.2. The molecule has 0 saturated heterocycles. The summed E-state index contributed by atoms with van der Waals surface area (Å²) in [4.78, 5) is 11.7. The van der Waals surface area contributed by atoms with Crippen molar-refractivity contribution in [3.05, 3.63) is 24.2 Å². The lowest BCUT2D eigenvalue weighted by atomic mass is 9.96. The monoisotopic (exact) mass is 329 g/mol. The fourth-order valence-corrected chi connectivity index (χ4v) is 3.76. The van der Waals surface area contributed by atoms with Crippen LogP contribution in [0.15, 0.2) is 23.0 Å². The number of carbonyl (C=O) groups is 1. The van der Waals surface area contributed by atoms with Gasteiger partial charge in [0.1, 0.15) is 6.26 Å². The van der Waals surface area contributed by atoms with Gasteiger partial charge in [0.05, 0.1) is 11.8 Å². The lowest BCUT2D eigenvalue weighted by Crippen LogP contribution is -2.46. The predicted molar refractivity (Wildman–Crippen MR) is 82.6 cm³/mol. The lowest BCUT2D eigenvalue weighted by molar-refractivity contribution is 0.0953. The van der Waals surface area contributed by atoms with Crippen molar-refractivity contribution in [2.45, 2.75) is 38.1 Å². The Hall–Kier alpha value is -1.38. The van der Waals surface area contributed by atoms with Gasteiger partial charge in [0.15, 0.2) is 0 Å². The molecule has 124 valence electrons. The van der Waals surface area contributed by atoms with E-state index in [-0.39, 0.29) is 25.0 Å². The predicted octanol–water partition coefficient (Wildman–Crippen LogP) is 1.11. The Balaban J connectivity index is 1.74. The summed E-state index contributed by atoms with van der Waals surface area (Å²) < 4.78 is 33.1. The number of furan rings is 1. The smallest absolute Gasteiger partial charge is 0.279 e. The molecule has 1 heterocycles. The zero-order valence-corrected chi connectivity index (χ0v) is 13.6. The van der Waals surface area contributed by atoms with Crippen LogP contribution in [0.1, 0.15) is 42.5 Å². The molecule has 0 aromatic carbocycles. The molecule has 0 unspecified atom stereocenters. The molecule has 8 heteroatoms. The minimum Gasteiger partial charge on any atom is -0.472 e. The van der Waals surface area contributed by atoms with Crippen LogP contribution < -0.4 is 10.0 Å². The van der Waals surface area contributed by atoms with Gasteiger partial charge in [-0.25, -0.2) is 4.72 Å². The number of nitrogens with one attached hydrogen (secondary N) is 2. The highest BCUT2D eigenvalue weighted by atomic mass is 32.2. The topological polar surface area (TPSA) is 91.7 Å². The second kappa shape index (κ2) is 7.75. The third-order valence-electron chi connectivity index (χ3n) is 3.95. The standard InChI is InChI=1S/C14H23N3O4S/c1-17(13-5-3-2-4-6-13)22(19,20)16-9-8-15-14(18)12-7-10-21-11-12/h7,10-11,13,16H,2-6,8-9H2,1H3,(H,15,18). The Bertz CT molecular complexity index is 565. The van der Waals surface area contributed by atoms with Crippen molar-refractivity contribution in [3.8, 4) is 0 Å². The van der Waals surface area contributed by atoms with Gasteiger partial charge in [0.2, 0.25) is 0 Å². The summed E-state index contributed by atoms with van der Waals surface area (Å²) >= 11 is 0. The number of amides is 1. The van der Waals surface area contributed by atoms with Crippen molar-refractivity contribution >= 4 is 16.1 Å². The van der Waals surface area contributed by atoms with E-state index in [1.54, 1.807) is 13.1 Å². The summed E-state index contributed by atoms with van der Waals surface area (Å²) in [7, 11) is -1.88. The fourth-order valence-electron chi connectivity index (χ4n) is 2.59. The molecule has 1 amide bonds. The van der Waals surface area contributed by atoms with Gasteiger partial charge in [-0.3, -0.25) is 4.79 Å². The maximum Gasteiger partial charge on any atom is 0.279 e. The molecule has 1 saturated carbocycles. The summed E-state index contributed by atoms with van der Waals surface area (Å²) in [5.74, 6) is -0.284. The summed E-state index contributed by atoms with van der Waals surface area (Å²) in [6.07, 6.45) is 7.91. The van der Waals surface area contributed by atoms with E-state index in [4.69, 9.17) is 4.42 Å². The van der Waals surface area contributed by atoms with Gasteiger partial charge >= 0.3 is 0 Å². The second-order valence-electron chi connectivity index (χ2n) is 5.48. The Kier molecular flexibility index (Phi) is 5.98. The van der Waals surface area contributed by atoms with E-state index in [9.17, 15) is 13.2 Å². The van der Waals surface area contributed by atoms with Crippen molar-refractivity contribution in [2.24, 2.45) is 0 Å². The Labute approximate surface area is 131 Å². The molecular weight excluding hydrogens is 306 g/mol. The molecule has 2 N–H and O–H groups in total. The summed E-state index contributed by atoms with van der Waals surface area (Å²) in [6.45, 7) is 0.380. The largest absolute Gasteiger partial charge is 0.472 e. The first-order valence-electron chi connectivity index (χ1n) is 7.54. The van der Waals surface area contributed by atoms with Gasteiger partial charge in [0.25, 0.3) is 16.1 Å². The molecule has 22 heavy (non-hydrogen) atoms. The quantitative estimate of drug-likeness (QED) is 0.733. The van der Waals surface area contributed by atoms with Crippen LogP contribution in [0.5, 0.6) is 0 Å². The zero-order valence-electron chi connectivity index (χ0n) is 12.7. The molecule has 0 radical (unpaired) electrons. The molecule has 0 bridgehead atoms. The van der Waals surface area contributed by atoms with E-state index in [0.29, 0.717) is 5.56 Å². The molecule has 0 spiro atoms. The summed E-state index contributed by atoms with van der Waals surface area (Å²) in [6, 6.07) is 1.63. The SMILES string of the molecule is CN(C1CCCCC1)S(=O)(=O)NCCNC(=O)c1ccoc1. The van der Waals surface area contributed by atoms with Crippen LogP contribution >= 0.6 is 0 Å². The van der Waals surface area contributed by atoms with E-state index < -0.39 is 10.2 Å². The molecule has 1 aliphatic rings. The molecule has 1 aliphatic carbocycles. The Morgan fingerprint density at radius 1 is 1.32 bits per heavy atom. The van der Waals surface area contributed by atoms with Crippen molar-refractivity contribution in [3.63, 3.8) is 0 Å². The van der Waals surface area contributed by atoms with E-state index in [1.807, 2.05) is 0 Å². The summed E-state index contributed by atoms with van der Waals surface area (Å²) in [5, 5.41) is 2.63. The fraction of sp³-hybridized carbons (Fsp3) is 0.643. The first-order chi connectivity index (χ1) is 10.5. The van der Waals surface area contributed by atoms with Crippen LogP contribution in [0.4, 0.5) is 0 Å². The molecule has 1 fully saturated rings. The first kappa shape index (κ1) is 17.0. The highest BCUT2D eigenvalue weighted by Gasteiger charge is 2.26. The van der Waals surface area contributed by atoms with Gasteiger partial charge in [-0.2, -0.15) is 12.7 Å². The van der Waals surface area contributed by atoms with Crippen LogP contribution in [0.3, 0.4) is 0 Å². The van der Waals surface area contributed by atoms with E-state index in [0.717, 1.165) is 25.7 Å². The number of hydrogen-bond acceptors (Lipinski definition) is 4. The molecule has 1 aromatic rings. The maximum absolute atomic E-state index is 12.2. The minimum atomic E-state index is -3.50. The molecular formula is C14H23N3O4S. The van der Waals surface area contributed by atoms with Crippen molar-refractivity contribution < 1.29 is 17.6 Å². The average Bonchev–Trinajstić information content (AvgIpc) is 3.06. The van der Waals surface area contributed by atoms with Crippen molar-refractivity contribution in [1.82, 2.24) is 14.3 Å². The van der Waals surface area contributed by atoms with Crippen LogP contribution in [0, 0.1) is 0 Å². The molecule has 1 aromatic heterocycles. The molecule has 2 rings (SSSR count). The number of carbonyl (C=O) groups excluding carboxylic acids is 1. The van der Waals surface area contributed by atoms with Gasteiger partial charge in [-0.05, 0) is 18.9 Å². The first-order valence-corrected chi connectivity index (χ1v) is 8.98. The van der Waals surface area contributed by atoms with Crippen LogP contribution in [-0.2, 0) is 10.2 Å².